The molecule has 14 heavy (non-hydrogen) atoms. The fourth-order valence-corrected chi connectivity index (χ4v) is 2.32. The van der Waals surface area contributed by atoms with Crippen molar-refractivity contribution >= 4 is 33.0 Å². The molecule has 0 spiro atoms. The van der Waals surface area contributed by atoms with Crippen LogP contribution in [0.3, 0.4) is 0 Å². The van der Waals surface area contributed by atoms with Gasteiger partial charge in [-0.3, -0.25) is 4.40 Å². The topological polar surface area (TPSA) is 43.3 Å². The molecule has 0 saturated heterocycles. The summed E-state index contributed by atoms with van der Waals surface area (Å²) in [6.07, 6.45) is 1.90. The van der Waals surface area contributed by atoms with Crippen LogP contribution in [0.2, 0.25) is 5.15 Å². The number of hydrogen-bond acceptors (Lipinski definition) is 2. The number of nitrogens with zero attached hydrogens (tertiary/aromatic N) is 2. The zero-order chi connectivity index (χ0) is 10.3. The Morgan fingerprint density at radius 3 is 3.00 bits per heavy atom. The lowest BCUT2D eigenvalue weighted by Gasteiger charge is -2.03. The van der Waals surface area contributed by atoms with Gasteiger partial charge in [-0.15, -0.1) is 0 Å². The second-order valence-corrected chi connectivity index (χ2v) is 4.34. The van der Waals surface area contributed by atoms with Crippen LogP contribution in [0.25, 0.3) is 5.52 Å². The van der Waals surface area contributed by atoms with Crippen LogP contribution in [0.15, 0.2) is 22.8 Å². The third-order valence-electron chi connectivity index (χ3n) is 2.01. The molecule has 5 heteroatoms. The van der Waals surface area contributed by atoms with Crippen molar-refractivity contribution in [2.75, 3.05) is 0 Å². The van der Waals surface area contributed by atoms with Crippen LogP contribution in [-0.4, -0.2) is 9.38 Å². The highest BCUT2D eigenvalue weighted by Gasteiger charge is 2.13. The van der Waals surface area contributed by atoms with Crippen molar-refractivity contribution in [3.05, 3.63) is 33.8 Å². The molecule has 2 N–H and O–H groups in total. The first-order valence-electron chi connectivity index (χ1n) is 4.19. The molecule has 2 heterocycles. The Hall–Kier alpha value is -0.580. The Labute approximate surface area is 95.0 Å². The van der Waals surface area contributed by atoms with E-state index in [0.717, 1.165) is 15.8 Å². The summed E-state index contributed by atoms with van der Waals surface area (Å²) in [6.45, 7) is 1.88. The molecule has 2 aromatic heterocycles. The van der Waals surface area contributed by atoms with Gasteiger partial charge in [0, 0.05) is 10.7 Å². The second kappa shape index (κ2) is 3.53. The Morgan fingerprint density at radius 1 is 1.64 bits per heavy atom. The van der Waals surface area contributed by atoms with Crippen molar-refractivity contribution in [3.8, 4) is 0 Å². The minimum absolute atomic E-state index is 0.135. The largest absolute Gasteiger partial charge is 0.322 e. The van der Waals surface area contributed by atoms with Crippen LogP contribution >= 0.6 is 27.5 Å². The normalized spacial score (nSPS) is 13.4. The van der Waals surface area contributed by atoms with Gasteiger partial charge in [-0.25, -0.2) is 4.98 Å². The fraction of sp³-hybridized carbons (Fsp3) is 0.222. The number of imidazole rings is 1. The summed E-state index contributed by atoms with van der Waals surface area (Å²) in [4.78, 5) is 4.22. The smallest absolute Gasteiger partial charge is 0.156 e. The van der Waals surface area contributed by atoms with Gasteiger partial charge < -0.3 is 5.73 Å². The number of aromatic nitrogens is 2. The Morgan fingerprint density at radius 2 is 2.36 bits per heavy atom. The molecule has 1 atom stereocenters. The lowest BCUT2D eigenvalue weighted by Crippen LogP contribution is -2.09. The molecule has 0 aliphatic heterocycles. The van der Waals surface area contributed by atoms with E-state index in [1.165, 1.54) is 0 Å². The Kier molecular flexibility index (Phi) is 2.51. The van der Waals surface area contributed by atoms with Crippen molar-refractivity contribution in [2.45, 2.75) is 13.0 Å². The van der Waals surface area contributed by atoms with Gasteiger partial charge in [-0.1, -0.05) is 11.6 Å². The van der Waals surface area contributed by atoms with Crippen LogP contribution in [0.4, 0.5) is 0 Å². The van der Waals surface area contributed by atoms with E-state index in [0.29, 0.717) is 5.15 Å². The van der Waals surface area contributed by atoms with Gasteiger partial charge >= 0.3 is 0 Å². The van der Waals surface area contributed by atoms with E-state index in [1.54, 1.807) is 0 Å². The van der Waals surface area contributed by atoms with Crippen LogP contribution in [0, 0.1) is 0 Å². The number of fused-ring (bicyclic) bond motifs is 1. The maximum absolute atomic E-state index is 6.01. The summed E-state index contributed by atoms with van der Waals surface area (Å²) in [5, 5.41) is 0.477. The molecular formula is C9H9BrClN3. The average Bonchev–Trinajstić information content (AvgIpc) is 2.45. The summed E-state index contributed by atoms with van der Waals surface area (Å²) in [5.41, 5.74) is 6.65. The minimum atomic E-state index is -0.135. The minimum Gasteiger partial charge on any atom is -0.322 e. The number of halogens is 2. The molecule has 1 unspecified atom stereocenters. The summed E-state index contributed by atoms with van der Waals surface area (Å²) < 4.78 is 2.82. The van der Waals surface area contributed by atoms with Gasteiger partial charge in [-0.05, 0) is 35.0 Å². The van der Waals surface area contributed by atoms with Crippen LogP contribution in [0.5, 0.6) is 0 Å². The van der Waals surface area contributed by atoms with E-state index in [1.807, 2.05) is 29.7 Å². The predicted molar refractivity (Wildman–Crippen MR) is 60.5 cm³/mol. The van der Waals surface area contributed by atoms with E-state index < -0.39 is 0 Å². The Bertz CT molecular complexity index is 478. The molecule has 0 saturated carbocycles. The summed E-state index contributed by atoms with van der Waals surface area (Å²) >= 11 is 9.43. The molecular weight excluding hydrogens is 265 g/mol. The zero-order valence-corrected chi connectivity index (χ0v) is 9.88. The first kappa shape index (κ1) is 9.96. The zero-order valence-electron chi connectivity index (χ0n) is 7.54. The standard InChI is InChI=1S/C9H9BrClN3/c1-5(12)9-13-8(11)7-6(10)3-2-4-14(7)9/h2-5H,12H2,1H3. The lowest BCUT2D eigenvalue weighted by atomic mass is 10.3. The molecule has 0 aliphatic carbocycles. The Balaban J connectivity index is 2.84. The number of hydrogen-bond donors (Lipinski definition) is 1. The van der Waals surface area contributed by atoms with Gasteiger partial charge in [0.05, 0.1) is 11.6 Å². The summed E-state index contributed by atoms with van der Waals surface area (Å²) in [6, 6.07) is 3.71. The molecule has 0 aromatic carbocycles. The summed E-state index contributed by atoms with van der Waals surface area (Å²) in [7, 11) is 0. The van der Waals surface area contributed by atoms with Crippen LogP contribution in [-0.2, 0) is 0 Å². The van der Waals surface area contributed by atoms with Crippen molar-refractivity contribution in [1.29, 1.82) is 0 Å². The first-order valence-corrected chi connectivity index (χ1v) is 5.36. The molecule has 0 bridgehead atoms. The lowest BCUT2D eigenvalue weighted by molar-refractivity contribution is 0.735. The van der Waals surface area contributed by atoms with Crippen molar-refractivity contribution in [2.24, 2.45) is 5.73 Å². The molecule has 2 rings (SSSR count). The predicted octanol–water partition coefficient (Wildman–Crippen LogP) is 2.77. The molecule has 74 valence electrons. The van der Waals surface area contributed by atoms with Crippen molar-refractivity contribution in [3.63, 3.8) is 0 Å². The molecule has 0 aliphatic rings. The number of nitrogens with two attached hydrogens (primary N) is 1. The fourth-order valence-electron chi connectivity index (χ4n) is 1.40. The van der Waals surface area contributed by atoms with E-state index in [2.05, 4.69) is 20.9 Å². The van der Waals surface area contributed by atoms with Gasteiger partial charge in [0.15, 0.2) is 5.15 Å². The molecule has 3 nitrogen and oxygen atoms in total. The van der Waals surface area contributed by atoms with Gasteiger partial charge in [0.1, 0.15) is 5.82 Å². The molecule has 0 radical (unpaired) electrons. The number of pyridine rings is 1. The van der Waals surface area contributed by atoms with E-state index in [9.17, 15) is 0 Å². The van der Waals surface area contributed by atoms with E-state index in [-0.39, 0.29) is 6.04 Å². The highest BCUT2D eigenvalue weighted by Crippen LogP contribution is 2.27. The van der Waals surface area contributed by atoms with Crippen molar-refractivity contribution in [1.82, 2.24) is 9.38 Å². The van der Waals surface area contributed by atoms with E-state index in [4.69, 9.17) is 17.3 Å². The highest BCUT2D eigenvalue weighted by molar-refractivity contribution is 9.10. The SMILES string of the molecule is CC(N)c1nc(Cl)c2c(Br)cccn12. The monoisotopic (exact) mass is 273 g/mol. The highest BCUT2D eigenvalue weighted by atomic mass is 79.9. The van der Waals surface area contributed by atoms with Crippen LogP contribution in [0.1, 0.15) is 18.8 Å². The van der Waals surface area contributed by atoms with E-state index >= 15 is 0 Å². The van der Waals surface area contributed by atoms with Gasteiger partial charge in [0.25, 0.3) is 0 Å². The van der Waals surface area contributed by atoms with Crippen LogP contribution < -0.4 is 5.73 Å². The third kappa shape index (κ3) is 1.43. The van der Waals surface area contributed by atoms with Gasteiger partial charge in [0.2, 0.25) is 0 Å². The molecule has 0 fully saturated rings. The molecule has 2 aromatic rings. The van der Waals surface area contributed by atoms with Crippen molar-refractivity contribution < 1.29 is 0 Å². The maximum atomic E-state index is 6.01. The summed E-state index contributed by atoms with van der Waals surface area (Å²) in [5.74, 6) is 0.770. The second-order valence-electron chi connectivity index (χ2n) is 3.12. The average molecular weight is 275 g/mol. The number of rotatable bonds is 1. The quantitative estimate of drug-likeness (QED) is 0.869. The maximum Gasteiger partial charge on any atom is 0.156 e. The molecule has 0 amide bonds. The first-order chi connectivity index (χ1) is 6.61. The van der Waals surface area contributed by atoms with Gasteiger partial charge in [-0.2, -0.15) is 0 Å². The third-order valence-corrected chi connectivity index (χ3v) is 2.91.